The van der Waals surface area contributed by atoms with Crippen molar-refractivity contribution in [1.82, 2.24) is 9.61 Å². The zero-order valence-corrected chi connectivity index (χ0v) is 11.8. The van der Waals surface area contributed by atoms with Gasteiger partial charge in [-0.15, -0.1) is 0 Å². The SMILES string of the molecule is CCOC(=O)c1cnn2ccc(NC(=O)C3CCC3)cc12. The monoisotopic (exact) mass is 287 g/mol. The van der Waals surface area contributed by atoms with Gasteiger partial charge in [0.05, 0.1) is 18.3 Å². The Balaban J connectivity index is 1.85. The Kier molecular flexibility index (Phi) is 3.60. The van der Waals surface area contributed by atoms with E-state index in [1.807, 2.05) is 0 Å². The standard InChI is InChI=1S/C15H17N3O3/c1-2-21-15(20)12-9-16-18-7-6-11(8-13(12)18)17-14(19)10-4-3-5-10/h6-10H,2-5H2,1H3,(H,17,19). The topological polar surface area (TPSA) is 72.7 Å². The van der Waals surface area contributed by atoms with Crippen LogP contribution in [0.2, 0.25) is 0 Å². The lowest BCUT2D eigenvalue weighted by molar-refractivity contribution is -0.122. The second-order valence-electron chi connectivity index (χ2n) is 5.14. The molecule has 1 aliphatic carbocycles. The predicted octanol–water partition coefficient (Wildman–Crippen LogP) is 2.25. The molecule has 110 valence electrons. The summed E-state index contributed by atoms with van der Waals surface area (Å²) in [6.45, 7) is 2.07. The number of fused-ring (bicyclic) bond motifs is 1. The van der Waals surface area contributed by atoms with Gasteiger partial charge in [0, 0.05) is 17.8 Å². The Labute approximate surface area is 122 Å². The Morgan fingerprint density at radius 3 is 2.95 bits per heavy atom. The van der Waals surface area contributed by atoms with E-state index in [1.165, 1.54) is 6.20 Å². The van der Waals surface area contributed by atoms with Gasteiger partial charge in [-0.1, -0.05) is 6.42 Å². The fourth-order valence-corrected chi connectivity index (χ4v) is 2.34. The maximum Gasteiger partial charge on any atom is 0.341 e. The van der Waals surface area contributed by atoms with Crippen molar-refractivity contribution in [3.63, 3.8) is 0 Å². The zero-order chi connectivity index (χ0) is 14.8. The van der Waals surface area contributed by atoms with Crippen LogP contribution < -0.4 is 5.32 Å². The highest BCUT2D eigenvalue weighted by Crippen LogP contribution is 2.28. The summed E-state index contributed by atoms with van der Waals surface area (Å²) < 4.78 is 6.59. The van der Waals surface area contributed by atoms with Gasteiger partial charge in [-0.05, 0) is 31.9 Å². The minimum Gasteiger partial charge on any atom is -0.462 e. The summed E-state index contributed by atoms with van der Waals surface area (Å²) >= 11 is 0. The number of carbonyl (C=O) groups is 2. The Morgan fingerprint density at radius 2 is 2.29 bits per heavy atom. The molecule has 2 aromatic heterocycles. The van der Waals surface area contributed by atoms with E-state index >= 15 is 0 Å². The number of hydrogen-bond donors (Lipinski definition) is 1. The average molecular weight is 287 g/mol. The smallest absolute Gasteiger partial charge is 0.341 e. The van der Waals surface area contributed by atoms with Crippen LogP contribution in [-0.2, 0) is 9.53 Å². The molecular weight excluding hydrogens is 270 g/mol. The van der Waals surface area contributed by atoms with Crippen LogP contribution in [0.25, 0.3) is 5.52 Å². The van der Waals surface area contributed by atoms with Gasteiger partial charge < -0.3 is 10.1 Å². The average Bonchev–Trinajstić information content (AvgIpc) is 2.79. The molecule has 0 aromatic carbocycles. The zero-order valence-electron chi connectivity index (χ0n) is 11.8. The molecule has 1 saturated carbocycles. The van der Waals surface area contributed by atoms with E-state index in [0.717, 1.165) is 19.3 Å². The summed E-state index contributed by atoms with van der Waals surface area (Å²) in [6.07, 6.45) is 6.22. The summed E-state index contributed by atoms with van der Waals surface area (Å²) in [6, 6.07) is 3.52. The molecule has 0 saturated heterocycles. The first-order valence-electron chi connectivity index (χ1n) is 7.14. The highest BCUT2D eigenvalue weighted by Gasteiger charge is 2.25. The molecule has 0 spiro atoms. The molecule has 0 aliphatic heterocycles. The molecule has 2 aromatic rings. The van der Waals surface area contributed by atoms with Crippen molar-refractivity contribution in [3.05, 3.63) is 30.1 Å². The molecule has 1 N–H and O–H groups in total. The molecule has 0 unspecified atom stereocenters. The second kappa shape index (κ2) is 5.55. The van der Waals surface area contributed by atoms with Gasteiger partial charge in [-0.2, -0.15) is 5.10 Å². The van der Waals surface area contributed by atoms with Gasteiger partial charge in [0.25, 0.3) is 0 Å². The number of aromatic nitrogens is 2. The summed E-state index contributed by atoms with van der Waals surface area (Å²) in [5.41, 5.74) is 1.70. The van der Waals surface area contributed by atoms with Crippen LogP contribution in [0.1, 0.15) is 36.5 Å². The number of amides is 1. The normalized spacial score (nSPS) is 14.7. The lowest BCUT2D eigenvalue weighted by Crippen LogP contribution is -2.28. The number of hydrogen-bond acceptors (Lipinski definition) is 4. The Hall–Kier alpha value is -2.37. The Morgan fingerprint density at radius 1 is 1.48 bits per heavy atom. The van der Waals surface area contributed by atoms with Crippen molar-refractivity contribution in [2.75, 3.05) is 11.9 Å². The molecule has 21 heavy (non-hydrogen) atoms. The van der Waals surface area contributed by atoms with Crippen LogP contribution >= 0.6 is 0 Å². The number of nitrogens with zero attached hydrogens (tertiary/aromatic N) is 2. The molecule has 6 heteroatoms. The van der Waals surface area contributed by atoms with E-state index in [1.54, 1.807) is 29.8 Å². The van der Waals surface area contributed by atoms with Gasteiger partial charge in [-0.3, -0.25) is 4.79 Å². The van der Waals surface area contributed by atoms with Crippen molar-refractivity contribution in [3.8, 4) is 0 Å². The molecule has 1 fully saturated rings. The van der Waals surface area contributed by atoms with Crippen LogP contribution in [0.15, 0.2) is 24.5 Å². The maximum atomic E-state index is 12.0. The summed E-state index contributed by atoms with van der Waals surface area (Å²) in [5, 5.41) is 7.00. The fourth-order valence-electron chi connectivity index (χ4n) is 2.34. The molecule has 3 rings (SSSR count). The van der Waals surface area contributed by atoms with Crippen LogP contribution in [0.5, 0.6) is 0 Å². The quantitative estimate of drug-likeness (QED) is 0.875. The van der Waals surface area contributed by atoms with Gasteiger partial charge in [0.15, 0.2) is 0 Å². The minimum atomic E-state index is -0.407. The number of carbonyl (C=O) groups excluding carboxylic acids is 2. The van der Waals surface area contributed by atoms with E-state index in [9.17, 15) is 9.59 Å². The molecule has 0 radical (unpaired) electrons. The molecule has 2 heterocycles. The molecule has 1 amide bonds. The third kappa shape index (κ3) is 2.61. The van der Waals surface area contributed by atoms with Crippen molar-refractivity contribution >= 4 is 23.1 Å². The van der Waals surface area contributed by atoms with Gasteiger partial charge in [0.2, 0.25) is 5.91 Å². The summed E-state index contributed by atoms with van der Waals surface area (Å²) in [4.78, 5) is 23.8. The Bertz CT molecular complexity index is 689. The van der Waals surface area contributed by atoms with E-state index < -0.39 is 5.97 Å². The lowest BCUT2D eigenvalue weighted by Gasteiger charge is -2.24. The van der Waals surface area contributed by atoms with Gasteiger partial charge in [-0.25, -0.2) is 9.31 Å². The highest BCUT2D eigenvalue weighted by atomic mass is 16.5. The van der Waals surface area contributed by atoms with E-state index in [-0.39, 0.29) is 11.8 Å². The fraction of sp³-hybridized carbons (Fsp3) is 0.400. The first-order valence-corrected chi connectivity index (χ1v) is 7.14. The maximum absolute atomic E-state index is 12.0. The predicted molar refractivity (Wildman–Crippen MR) is 77.1 cm³/mol. The van der Waals surface area contributed by atoms with Crippen molar-refractivity contribution in [2.45, 2.75) is 26.2 Å². The summed E-state index contributed by atoms with van der Waals surface area (Å²) in [5.74, 6) is -0.242. The second-order valence-corrected chi connectivity index (χ2v) is 5.14. The van der Waals surface area contributed by atoms with Crippen LogP contribution in [-0.4, -0.2) is 28.1 Å². The molecule has 1 aliphatic rings. The van der Waals surface area contributed by atoms with Crippen molar-refractivity contribution < 1.29 is 14.3 Å². The first-order chi connectivity index (χ1) is 10.2. The number of nitrogens with one attached hydrogen (secondary N) is 1. The summed E-state index contributed by atoms with van der Waals surface area (Å²) in [7, 11) is 0. The third-order valence-corrected chi connectivity index (χ3v) is 3.76. The van der Waals surface area contributed by atoms with Gasteiger partial charge >= 0.3 is 5.97 Å². The minimum absolute atomic E-state index is 0.0443. The molecule has 0 bridgehead atoms. The molecular formula is C15H17N3O3. The van der Waals surface area contributed by atoms with E-state index in [4.69, 9.17) is 4.74 Å². The third-order valence-electron chi connectivity index (χ3n) is 3.76. The largest absolute Gasteiger partial charge is 0.462 e. The number of esters is 1. The number of ether oxygens (including phenoxy) is 1. The van der Waals surface area contributed by atoms with Crippen LogP contribution in [0.3, 0.4) is 0 Å². The van der Waals surface area contributed by atoms with Crippen LogP contribution in [0.4, 0.5) is 5.69 Å². The van der Waals surface area contributed by atoms with Gasteiger partial charge in [0.1, 0.15) is 5.56 Å². The molecule has 0 atom stereocenters. The van der Waals surface area contributed by atoms with Crippen molar-refractivity contribution in [2.24, 2.45) is 5.92 Å². The lowest BCUT2D eigenvalue weighted by atomic mass is 9.85. The van der Waals surface area contributed by atoms with E-state index in [2.05, 4.69) is 10.4 Å². The van der Waals surface area contributed by atoms with E-state index in [0.29, 0.717) is 23.4 Å². The number of rotatable bonds is 4. The highest BCUT2D eigenvalue weighted by molar-refractivity contribution is 5.98. The number of pyridine rings is 1. The number of anilines is 1. The van der Waals surface area contributed by atoms with Crippen molar-refractivity contribution in [1.29, 1.82) is 0 Å². The van der Waals surface area contributed by atoms with Crippen LogP contribution in [0, 0.1) is 5.92 Å². The first kappa shape index (κ1) is 13.6. The molecule has 6 nitrogen and oxygen atoms in total.